The van der Waals surface area contributed by atoms with Crippen molar-refractivity contribution in [1.82, 2.24) is 18.7 Å². The summed E-state index contributed by atoms with van der Waals surface area (Å²) < 4.78 is 10.3. The van der Waals surface area contributed by atoms with Gasteiger partial charge in [-0.1, -0.05) is 90.1 Å². The van der Waals surface area contributed by atoms with Gasteiger partial charge in [0.2, 0.25) is 11.4 Å². The Bertz CT molecular complexity index is 2440. The molecule has 7 aromatic rings. The third-order valence-electron chi connectivity index (χ3n) is 10.4. The zero-order valence-electron chi connectivity index (χ0n) is 29.0. The Morgan fingerprint density at radius 3 is 1.90 bits per heavy atom. The monoisotopic (exact) mass is 641 g/mol. The number of pyridine rings is 1. The van der Waals surface area contributed by atoms with Gasteiger partial charge in [0.1, 0.15) is 17.3 Å². The van der Waals surface area contributed by atoms with Gasteiger partial charge >= 0.3 is 0 Å². The van der Waals surface area contributed by atoms with Crippen LogP contribution in [-0.4, -0.2) is 9.55 Å². The molecule has 242 valence electrons. The number of nitrogens with zero attached hydrogens (tertiary/aromatic N) is 4. The van der Waals surface area contributed by atoms with Gasteiger partial charge in [0.05, 0.1) is 11.0 Å². The van der Waals surface area contributed by atoms with Crippen LogP contribution in [0.5, 0.6) is 11.5 Å². The van der Waals surface area contributed by atoms with Gasteiger partial charge in [-0.15, -0.1) is 0 Å². The molecule has 2 atom stereocenters. The Hall–Kier alpha value is -5.23. The van der Waals surface area contributed by atoms with E-state index >= 15 is 0 Å². The minimum atomic E-state index is 0.0133. The predicted octanol–water partition coefficient (Wildman–Crippen LogP) is 11.9. The molecule has 1 fully saturated rings. The highest BCUT2D eigenvalue weighted by molar-refractivity contribution is 6.09. The molecular formula is C44H41N4O+. The zero-order valence-corrected chi connectivity index (χ0v) is 29.0. The van der Waals surface area contributed by atoms with E-state index in [-0.39, 0.29) is 10.8 Å². The summed E-state index contributed by atoms with van der Waals surface area (Å²) in [6.07, 6.45) is 1.92. The molecule has 0 saturated carbocycles. The topological polar surface area (TPSA) is 27.1 Å². The van der Waals surface area contributed by atoms with E-state index in [0.29, 0.717) is 9.18 Å². The first-order valence-corrected chi connectivity index (χ1v) is 17.2. The smallest absolute Gasteiger partial charge is 0.225 e. The quantitative estimate of drug-likeness (QED) is 0.106. The number of fused-ring (bicyclic) bond motifs is 7. The minimum absolute atomic E-state index is 0.0133. The summed E-state index contributed by atoms with van der Waals surface area (Å²) in [6.45, 7) is 16.0. The molecule has 49 heavy (non-hydrogen) atoms. The molecule has 9 rings (SSSR count). The van der Waals surface area contributed by atoms with Gasteiger partial charge in [-0.05, 0) is 58.4 Å². The first-order valence-electron chi connectivity index (χ1n) is 17.2. The highest BCUT2D eigenvalue weighted by atomic mass is 16.5. The standard InChI is InChI=1S/C44H41N4O/c1-43(2,3)30-13-11-14-32(25-30)47-29-48(47,41-20-10-9-19-40(41)47)33-15-12-16-34(27-33)49-35-21-22-37-36-17-7-8-18-38(36)46(39(37)28-35)42-26-31(23-24-45-42)44(4,5)6/h7-29H,1-6H3/q+1/t47-,48?/m0/s1. The molecule has 5 heteroatoms. The van der Waals surface area contributed by atoms with Crippen molar-refractivity contribution >= 4 is 44.6 Å². The molecule has 2 aliphatic heterocycles. The van der Waals surface area contributed by atoms with Crippen LogP contribution in [0, 0.1) is 6.67 Å². The van der Waals surface area contributed by atoms with Crippen molar-refractivity contribution in [2.75, 3.05) is 0 Å². The second kappa shape index (κ2) is 10.1. The number of para-hydroxylation sites is 3. The fourth-order valence-corrected chi connectivity index (χ4v) is 7.80. The lowest BCUT2D eigenvalue weighted by molar-refractivity contribution is 0.423. The van der Waals surface area contributed by atoms with Crippen molar-refractivity contribution in [3.05, 3.63) is 151 Å². The number of rotatable bonds is 5. The van der Waals surface area contributed by atoms with Gasteiger partial charge in [0.15, 0.2) is 18.0 Å². The van der Waals surface area contributed by atoms with Crippen LogP contribution in [0.4, 0.5) is 22.7 Å². The number of ether oxygens (including phenoxy) is 1. The first kappa shape index (κ1) is 29.9. The van der Waals surface area contributed by atoms with E-state index in [4.69, 9.17) is 9.72 Å². The third-order valence-corrected chi connectivity index (χ3v) is 10.4. The van der Waals surface area contributed by atoms with Crippen LogP contribution >= 0.6 is 0 Å². The van der Waals surface area contributed by atoms with Crippen LogP contribution < -0.4 is 13.9 Å². The van der Waals surface area contributed by atoms with E-state index in [1.54, 1.807) is 0 Å². The van der Waals surface area contributed by atoms with Crippen molar-refractivity contribution in [3.8, 4) is 17.3 Å². The van der Waals surface area contributed by atoms with Crippen molar-refractivity contribution in [2.45, 2.75) is 52.4 Å². The molecule has 2 aromatic heterocycles. The lowest BCUT2D eigenvalue weighted by Gasteiger charge is -2.40. The van der Waals surface area contributed by atoms with E-state index < -0.39 is 0 Å². The minimum Gasteiger partial charge on any atom is -0.457 e. The average Bonchev–Trinajstić information content (AvgIpc) is 3.58. The van der Waals surface area contributed by atoms with Crippen LogP contribution in [-0.2, 0) is 10.8 Å². The number of benzene rings is 5. The van der Waals surface area contributed by atoms with E-state index in [0.717, 1.165) is 28.4 Å². The van der Waals surface area contributed by atoms with Gasteiger partial charge < -0.3 is 4.74 Å². The third kappa shape index (κ3) is 4.29. The summed E-state index contributed by atoms with van der Waals surface area (Å²) in [5.41, 5.74) is 9.94. The van der Waals surface area contributed by atoms with Crippen LogP contribution in [0.15, 0.2) is 134 Å². The Kier molecular flexibility index (Phi) is 6.18. The summed E-state index contributed by atoms with van der Waals surface area (Å²) in [5, 5.41) is 2.37. The van der Waals surface area contributed by atoms with Crippen molar-refractivity contribution in [3.63, 3.8) is 0 Å². The number of quaternary nitrogens is 2. The molecule has 4 heterocycles. The highest BCUT2D eigenvalue weighted by Crippen LogP contribution is 2.75. The van der Waals surface area contributed by atoms with Crippen molar-refractivity contribution < 1.29 is 4.74 Å². The molecule has 0 N–H and O–H groups in total. The summed E-state index contributed by atoms with van der Waals surface area (Å²) >= 11 is 0. The SMILES string of the molecule is CC(C)(C)c1cccc([N@+]23[CH-][N+]2(c2cccc(Oc4ccc5c6ccccc6n(-c6cc(C(C)(C)C)ccn6)c5c4)c2)c2ccccc23)c1. The molecule has 2 aliphatic rings. The van der Waals surface area contributed by atoms with Gasteiger partial charge in [-0.2, -0.15) is 9.18 Å². The second-order valence-corrected chi connectivity index (χ2v) is 15.6. The Balaban J connectivity index is 1.12. The molecular weight excluding hydrogens is 601 g/mol. The molecule has 5 aromatic carbocycles. The fourth-order valence-electron chi connectivity index (χ4n) is 7.80. The van der Waals surface area contributed by atoms with Gasteiger partial charge in [-0.25, -0.2) is 4.98 Å². The second-order valence-electron chi connectivity index (χ2n) is 15.6. The molecule has 5 nitrogen and oxygen atoms in total. The van der Waals surface area contributed by atoms with E-state index in [1.807, 2.05) is 6.20 Å². The number of hydrogen-bond acceptors (Lipinski definition) is 2. The average molecular weight is 642 g/mol. The first-order chi connectivity index (χ1) is 23.5. The molecule has 0 amide bonds. The van der Waals surface area contributed by atoms with Gasteiger partial charge in [-0.3, -0.25) is 4.57 Å². The summed E-state index contributed by atoms with van der Waals surface area (Å²) in [6, 6.07) is 45.8. The summed E-state index contributed by atoms with van der Waals surface area (Å²) in [5.74, 6) is 2.51. The van der Waals surface area contributed by atoms with Crippen LogP contribution in [0.25, 0.3) is 27.6 Å². The maximum Gasteiger partial charge on any atom is 0.225 e. The predicted molar refractivity (Wildman–Crippen MR) is 203 cm³/mol. The Labute approximate surface area is 288 Å². The van der Waals surface area contributed by atoms with Crippen molar-refractivity contribution in [1.29, 1.82) is 0 Å². The summed E-state index contributed by atoms with van der Waals surface area (Å²) in [4.78, 5) is 4.85. The van der Waals surface area contributed by atoms with E-state index in [1.165, 1.54) is 44.6 Å². The van der Waals surface area contributed by atoms with Crippen LogP contribution in [0.3, 0.4) is 0 Å². The van der Waals surface area contributed by atoms with Crippen molar-refractivity contribution in [2.24, 2.45) is 0 Å². The number of aromatic nitrogens is 2. The molecule has 0 radical (unpaired) electrons. The maximum atomic E-state index is 6.70. The van der Waals surface area contributed by atoms with Gasteiger partial charge in [0.25, 0.3) is 0 Å². The Morgan fingerprint density at radius 1 is 0.551 bits per heavy atom. The molecule has 0 aliphatic carbocycles. The summed E-state index contributed by atoms with van der Waals surface area (Å²) in [7, 11) is 0. The lowest BCUT2D eigenvalue weighted by atomic mass is 9.87. The lowest BCUT2D eigenvalue weighted by Crippen LogP contribution is -2.46. The fraction of sp³-hybridized carbons (Fsp3) is 0.182. The molecule has 1 saturated heterocycles. The Morgan fingerprint density at radius 2 is 1.16 bits per heavy atom. The van der Waals surface area contributed by atoms with E-state index in [2.05, 4.69) is 180 Å². The van der Waals surface area contributed by atoms with Crippen LogP contribution in [0.1, 0.15) is 52.7 Å². The van der Waals surface area contributed by atoms with Crippen LogP contribution in [0.2, 0.25) is 0 Å². The normalized spacial score (nSPS) is 19.7. The molecule has 1 unspecified atom stereocenters. The van der Waals surface area contributed by atoms with Gasteiger partial charge in [0, 0.05) is 59.4 Å². The maximum absolute atomic E-state index is 6.70. The molecule has 0 spiro atoms. The van der Waals surface area contributed by atoms with E-state index in [9.17, 15) is 0 Å². The zero-order chi connectivity index (χ0) is 33.8. The molecule has 0 bridgehead atoms. The largest absolute Gasteiger partial charge is 0.457 e. The highest BCUT2D eigenvalue weighted by Gasteiger charge is 2.77. The number of hydrogen-bond donors (Lipinski definition) is 0.